The van der Waals surface area contributed by atoms with Gasteiger partial charge in [-0.25, -0.2) is 14.8 Å². The van der Waals surface area contributed by atoms with Crippen molar-refractivity contribution in [2.75, 3.05) is 39.6 Å². The van der Waals surface area contributed by atoms with Crippen LogP contribution >= 0.6 is 11.3 Å². The fraction of sp³-hybridized carbons (Fsp3) is 0.533. The van der Waals surface area contributed by atoms with Crippen LogP contribution in [0.4, 0.5) is 5.82 Å². The molecule has 0 saturated heterocycles. The van der Waals surface area contributed by atoms with Crippen LogP contribution in [0.5, 0.6) is 0 Å². The molecule has 2 heterocycles. The highest BCUT2D eigenvalue weighted by Gasteiger charge is 2.20. The third kappa shape index (κ3) is 3.53. The van der Waals surface area contributed by atoms with Gasteiger partial charge in [0.2, 0.25) is 0 Å². The summed E-state index contributed by atoms with van der Waals surface area (Å²) >= 11 is 1.36. The molecule has 0 unspecified atom stereocenters. The Kier molecular flexibility index (Phi) is 5.31. The minimum absolute atomic E-state index is 0.319. The van der Waals surface area contributed by atoms with Gasteiger partial charge >= 0.3 is 5.97 Å². The second kappa shape index (κ2) is 7.02. The number of aryl methyl sites for hydroxylation is 2. The van der Waals surface area contributed by atoms with Gasteiger partial charge in [-0.05, 0) is 19.4 Å². The summed E-state index contributed by atoms with van der Waals surface area (Å²) < 4.78 is 4.84. The van der Waals surface area contributed by atoms with E-state index < -0.39 is 0 Å². The molecule has 6 nitrogen and oxygen atoms in total. The molecule has 0 aliphatic rings. The van der Waals surface area contributed by atoms with Crippen LogP contribution < -0.4 is 10.2 Å². The lowest BCUT2D eigenvalue weighted by Gasteiger charge is -2.10. The zero-order valence-corrected chi connectivity index (χ0v) is 14.6. The molecule has 120 valence electrons. The van der Waals surface area contributed by atoms with E-state index in [1.54, 1.807) is 0 Å². The topological polar surface area (TPSA) is 68.5 Å². The zero-order chi connectivity index (χ0) is 16.3. The van der Waals surface area contributed by atoms with Crippen LogP contribution in [0.25, 0.3) is 10.2 Å². The summed E-state index contributed by atoms with van der Waals surface area (Å²) in [6.45, 7) is 5.72. The number of aromatic nitrogens is 2. The molecule has 0 radical (unpaired) electrons. The predicted molar refractivity (Wildman–Crippen MR) is 89.0 cm³/mol. The molecule has 0 saturated carbocycles. The van der Waals surface area contributed by atoms with Gasteiger partial charge in [-0.3, -0.25) is 0 Å². The van der Waals surface area contributed by atoms with E-state index in [1.165, 1.54) is 23.3 Å². The van der Waals surface area contributed by atoms with Crippen molar-refractivity contribution in [3.63, 3.8) is 0 Å². The van der Waals surface area contributed by atoms with Crippen molar-refractivity contribution in [3.8, 4) is 0 Å². The Morgan fingerprint density at radius 2 is 2.05 bits per heavy atom. The highest BCUT2D eigenvalue weighted by atomic mass is 32.1. The number of fused-ring (bicyclic) bond motifs is 1. The summed E-state index contributed by atoms with van der Waals surface area (Å²) in [4.78, 5) is 23.6. The maximum atomic E-state index is 11.9. The van der Waals surface area contributed by atoms with Crippen molar-refractivity contribution in [1.29, 1.82) is 0 Å². The number of esters is 1. The van der Waals surface area contributed by atoms with Gasteiger partial charge in [-0.2, -0.15) is 0 Å². The second-order valence-electron chi connectivity index (χ2n) is 5.58. The van der Waals surface area contributed by atoms with Gasteiger partial charge in [-0.15, -0.1) is 11.3 Å². The van der Waals surface area contributed by atoms with Gasteiger partial charge in [0.1, 0.15) is 21.3 Å². The summed E-state index contributed by atoms with van der Waals surface area (Å²) in [5.74, 6) is 1.19. The first-order valence-corrected chi connectivity index (χ1v) is 8.14. The molecule has 0 aromatic carbocycles. The molecule has 2 aromatic rings. The number of ether oxygens (including phenoxy) is 1. The summed E-state index contributed by atoms with van der Waals surface area (Å²) in [6, 6.07) is 0. The average molecular weight is 323 g/mol. The number of nitrogens with one attached hydrogen (secondary N) is 2. The van der Waals surface area contributed by atoms with Crippen LogP contribution in [0.1, 0.15) is 27.5 Å². The monoisotopic (exact) mass is 323 g/mol. The third-order valence-electron chi connectivity index (χ3n) is 3.42. The van der Waals surface area contributed by atoms with Crippen molar-refractivity contribution in [3.05, 3.63) is 16.3 Å². The average Bonchev–Trinajstić information content (AvgIpc) is 2.79. The van der Waals surface area contributed by atoms with Crippen molar-refractivity contribution in [2.45, 2.75) is 20.3 Å². The van der Waals surface area contributed by atoms with E-state index in [9.17, 15) is 4.79 Å². The lowest BCUT2D eigenvalue weighted by molar-refractivity contribution is -0.858. The van der Waals surface area contributed by atoms with Gasteiger partial charge in [0.25, 0.3) is 0 Å². The molecule has 2 rings (SSSR count). The van der Waals surface area contributed by atoms with Crippen LogP contribution in [-0.4, -0.2) is 50.2 Å². The SMILES string of the molecule is COC(=O)c1sc2nc(C)nc(NCCC[NH+](C)C)c2c1C. The standard InChI is InChI=1S/C15H22N4O2S/c1-9-11-13(16-7-6-8-19(3)4)17-10(2)18-14(11)22-12(9)15(20)21-5/h6-8H2,1-5H3,(H,16,17,18)/p+1. The molecule has 0 amide bonds. The number of nitrogens with zero attached hydrogens (tertiary/aromatic N) is 2. The molecule has 0 spiro atoms. The molecule has 0 aliphatic heterocycles. The van der Waals surface area contributed by atoms with Gasteiger partial charge in [0, 0.05) is 13.0 Å². The van der Waals surface area contributed by atoms with E-state index in [2.05, 4.69) is 29.4 Å². The Hall–Kier alpha value is -1.73. The Balaban J connectivity index is 2.32. The molecule has 0 atom stereocenters. The zero-order valence-electron chi connectivity index (χ0n) is 13.7. The summed E-state index contributed by atoms with van der Waals surface area (Å²) in [5, 5.41) is 4.31. The first-order valence-electron chi connectivity index (χ1n) is 7.33. The van der Waals surface area contributed by atoms with Gasteiger partial charge < -0.3 is 15.0 Å². The molecular weight excluding hydrogens is 300 g/mol. The molecule has 2 aromatic heterocycles. The van der Waals surface area contributed by atoms with Crippen molar-refractivity contribution in [1.82, 2.24) is 9.97 Å². The lowest BCUT2D eigenvalue weighted by Crippen LogP contribution is -3.05. The molecular formula is C15H23N4O2S+. The normalized spacial score (nSPS) is 11.2. The van der Waals surface area contributed by atoms with E-state index in [0.29, 0.717) is 10.7 Å². The van der Waals surface area contributed by atoms with E-state index >= 15 is 0 Å². The number of hydrogen-bond donors (Lipinski definition) is 2. The van der Waals surface area contributed by atoms with Crippen LogP contribution in [-0.2, 0) is 4.74 Å². The third-order valence-corrected chi connectivity index (χ3v) is 4.58. The van der Waals surface area contributed by atoms with Crippen LogP contribution in [0.3, 0.4) is 0 Å². The number of carbonyl (C=O) groups excluding carboxylic acids is 1. The van der Waals surface area contributed by atoms with E-state index in [-0.39, 0.29) is 5.97 Å². The van der Waals surface area contributed by atoms with E-state index in [4.69, 9.17) is 4.74 Å². The maximum absolute atomic E-state index is 11.9. The second-order valence-corrected chi connectivity index (χ2v) is 6.58. The number of carbonyl (C=O) groups is 1. The van der Waals surface area contributed by atoms with Crippen LogP contribution in [0, 0.1) is 13.8 Å². The number of anilines is 1. The summed E-state index contributed by atoms with van der Waals surface area (Å²) in [5.41, 5.74) is 0.882. The molecule has 22 heavy (non-hydrogen) atoms. The fourth-order valence-electron chi connectivity index (χ4n) is 2.31. The summed E-state index contributed by atoms with van der Waals surface area (Å²) in [6.07, 6.45) is 1.06. The Morgan fingerprint density at radius 3 is 2.68 bits per heavy atom. The molecule has 0 fully saturated rings. The number of thiophene rings is 1. The highest BCUT2D eigenvalue weighted by molar-refractivity contribution is 7.20. The number of hydrogen-bond acceptors (Lipinski definition) is 6. The molecule has 0 aliphatic carbocycles. The molecule has 2 N–H and O–H groups in total. The maximum Gasteiger partial charge on any atom is 0.348 e. The predicted octanol–water partition coefficient (Wildman–Crippen LogP) is 1.04. The van der Waals surface area contributed by atoms with Crippen LogP contribution in [0.2, 0.25) is 0 Å². The Morgan fingerprint density at radius 1 is 1.32 bits per heavy atom. The molecule has 7 heteroatoms. The van der Waals surface area contributed by atoms with E-state index in [1.807, 2.05) is 13.8 Å². The largest absolute Gasteiger partial charge is 0.465 e. The minimum atomic E-state index is -0.319. The number of quaternary nitrogens is 1. The quantitative estimate of drug-likeness (QED) is 0.614. The van der Waals surface area contributed by atoms with Crippen molar-refractivity contribution < 1.29 is 14.4 Å². The first kappa shape index (κ1) is 16.6. The first-order chi connectivity index (χ1) is 10.4. The van der Waals surface area contributed by atoms with E-state index in [0.717, 1.165) is 41.1 Å². The van der Waals surface area contributed by atoms with Gasteiger partial charge in [0.05, 0.1) is 33.1 Å². The lowest BCUT2D eigenvalue weighted by atomic mass is 10.2. The highest BCUT2D eigenvalue weighted by Crippen LogP contribution is 2.34. The number of methoxy groups -OCH3 is 1. The van der Waals surface area contributed by atoms with Gasteiger partial charge in [0.15, 0.2) is 0 Å². The van der Waals surface area contributed by atoms with Crippen molar-refractivity contribution in [2.24, 2.45) is 0 Å². The minimum Gasteiger partial charge on any atom is -0.465 e. The smallest absolute Gasteiger partial charge is 0.348 e. The Bertz CT molecular complexity index is 682. The Labute approximate surface area is 134 Å². The summed E-state index contributed by atoms with van der Waals surface area (Å²) in [7, 11) is 5.67. The number of rotatable bonds is 6. The molecule has 0 bridgehead atoms. The van der Waals surface area contributed by atoms with Gasteiger partial charge in [-0.1, -0.05) is 0 Å². The van der Waals surface area contributed by atoms with Crippen molar-refractivity contribution >= 4 is 33.3 Å². The fourth-order valence-corrected chi connectivity index (χ4v) is 3.45. The van der Waals surface area contributed by atoms with Crippen LogP contribution in [0.15, 0.2) is 0 Å².